The third kappa shape index (κ3) is 2.78. The van der Waals surface area contributed by atoms with Gasteiger partial charge in [-0.15, -0.1) is 11.3 Å². The van der Waals surface area contributed by atoms with Crippen LogP contribution in [0.3, 0.4) is 0 Å². The van der Waals surface area contributed by atoms with Gasteiger partial charge in [-0.25, -0.2) is 4.98 Å². The van der Waals surface area contributed by atoms with Gasteiger partial charge in [0.15, 0.2) is 0 Å². The lowest BCUT2D eigenvalue weighted by Crippen LogP contribution is -2.25. The quantitative estimate of drug-likeness (QED) is 0.731. The van der Waals surface area contributed by atoms with Crippen molar-refractivity contribution in [3.63, 3.8) is 0 Å². The van der Waals surface area contributed by atoms with Crippen molar-refractivity contribution in [2.75, 3.05) is 13.2 Å². The number of aryl methyl sites for hydroxylation is 2. The minimum absolute atomic E-state index is 0.0926. The first-order valence-corrected chi connectivity index (χ1v) is 5.30. The van der Waals surface area contributed by atoms with E-state index in [0.717, 1.165) is 9.88 Å². The van der Waals surface area contributed by atoms with E-state index in [4.69, 9.17) is 5.11 Å². The third-order valence-corrected chi connectivity index (χ3v) is 2.63. The number of nitrogens with one attached hydrogen (secondary N) is 1. The normalized spacial score (nSPS) is 10.2. The van der Waals surface area contributed by atoms with Crippen molar-refractivity contribution in [3.05, 3.63) is 15.6 Å². The molecule has 1 amide bonds. The molecule has 0 aromatic carbocycles. The number of aliphatic hydroxyl groups excluding tert-OH is 1. The van der Waals surface area contributed by atoms with Crippen LogP contribution in [-0.4, -0.2) is 29.1 Å². The van der Waals surface area contributed by atoms with Crippen molar-refractivity contribution in [1.82, 2.24) is 10.3 Å². The van der Waals surface area contributed by atoms with E-state index in [1.807, 2.05) is 13.8 Å². The van der Waals surface area contributed by atoms with Crippen LogP contribution in [0.15, 0.2) is 0 Å². The van der Waals surface area contributed by atoms with E-state index < -0.39 is 0 Å². The molecule has 0 saturated carbocycles. The van der Waals surface area contributed by atoms with E-state index in [9.17, 15) is 4.79 Å². The SMILES string of the molecule is Cc1nc(C(=O)NCCCO)c(C)s1. The summed E-state index contributed by atoms with van der Waals surface area (Å²) in [5, 5.41) is 12.1. The van der Waals surface area contributed by atoms with Gasteiger partial charge in [0.1, 0.15) is 5.69 Å². The number of hydrogen-bond donors (Lipinski definition) is 2. The summed E-state index contributed by atoms with van der Waals surface area (Å²) in [5.74, 6) is -0.152. The molecule has 0 unspecified atom stereocenters. The maximum Gasteiger partial charge on any atom is 0.271 e. The standard InChI is InChI=1S/C9H14N2O2S/c1-6-8(11-7(2)14-6)9(13)10-4-3-5-12/h12H,3-5H2,1-2H3,(H,10,13). The predicted octanol–water partition coefficient (Wildman–Crippen LogP) is 0.872. The van der Waals surface area contributed by atoms with E-state index in [2.05, 4.69) is 10.3 Å². The van der Waals surface area contributed by atoms with Gasteiger partial charge in [-0.3, -0.25) is 4.79 Å². The molecular formula is C9H14N2O2S. The second-order valence-corrected chi connectivity index (χ2v) is 4.38. The molecule has 1 aromatic rings. The summed E-state index contributed by atoms with van der Waals surface area (Å²) >= 11 is 1.52. The maximum absolute atomic E-state index is 11.5. The zero-order valence-electron chi connectivity index (χ0n) is 8.33. The van der Waals surface area contributed by atoms with Gasteiger partial charge >= 0.3 is 0 Å². The molecule has 0 fully saturated rings. The molecule has 1 heterocycles. The molecule has 4 nitrogen and oxygen atoms in total. The van der Waals surface area contributed by atoms with Crippen LogP contribution in [0, 0.1) is 13.8 Å². The highest BCUT2D eigenvalue weighted by molar-refractivity contribution is 7.11. The first-order valence-electron chi connectivity index (χ1n) is 4.48. The summed E-state index contributed by atoms with van der Waals surface area (Å²) in [4.78, 5) is 16.6. The first kappa shape index (κ1) is 11.1. The Labute approximate surface area is 87.0 Å². The van der Waals surface area contributed by atoms with Crippen molar-refractivity contribution >= 4 is 17.2 Å². The van der Waals surface area contributed by atoms with Gasteiger partial charge in [-0.1, -0.05) is 0 Å². The Bertz CT molecular complexity index is 323. The van der Waals surface area contributed by atoms with E-state index in [-0.39, 0.29) is 12.5 Å². The molecule has 0 spiro atoms. The molecule has 78 valence electrons. The Morgan fingerprint density at radius 1 is 1.57 bits per heavy atom. The summed E-state index contributed by atoms with van der Waals surface area (Å²) < 4.78 is 0. The molecule has 0 saturated heterocycles. The number of carbonyl (C=O) groups excluding carboxylic acids is 1. The Morgan fingerprint density at radius 2 is 2.29 bits per heavy atom. The fraction of sp³-hybridized carbons (Fsp3) is 0.556. The van der Waals surface area contributed by atoms with E-state index >= 15 is 0 Å². The number of aromatic nitrogens is 1. The first-order chi connectivity index (χ1) is 6.65. The lowest BCUT2D eigenvalue weighted by atomic mass is 10.3. The molecule has 0 aliphatic carbocycles. The minimum Gasteiger partial charge on any atom is -0.396 e. The predicted molar refractivity (Wildman–Crippen MR) is 55.6 cm³/mol. The molecule has 0 aliphatic heterocycles. The molecule has 14 heavy (non-hydrogen) atoms. The van der Waals surface area contributed by atoms with E-state index in [0.29, 0.717) is 18.7 Å². The van der Waals surface area contributed by atoms with E-state index in [1.165, 1.54) is 11.3 Å². The number of thiazole rings is 1. The van der Waals surface area contributed by atoms with Crippen LogP contribution >= 0.6 is 11.3 Å². The number of rotatable bonds is 4. The maximum atomic E-state index is 11.5. The summed E-state index contributed by atoms with van der Waals surface area (Å²) in [6, 6.07) is 0. The fourth-order valence-electron chi connectivity index (χ4n) is 1.10. The largest absolute Gasteiger partial charge is 0.396 e. The molecule has 0 radical (unpaired) electrons. The average Bonchev–Trinajstić information content (AvgIpc) is 2.45. The molecule has 0 bridgehead atoms. The van der Waals surface area contributed by atoms with Gasteiger partial charge in [0.2, 0.25) is 0 Å². The van der Waals surface area contributed by atoms with Crippen molar-refractivity contribution in [2.24, 2.45) is 0 Å². The monoisotopic (exact) mass is 214 g/mol. The second-order valence-electron chi connectivity index (χ2n) is 2.97. The lowest BCUT2D eigenvalue weighted by Gasteiger charge is -2.01. The molecule has 2 N–H and O–H groups in total. The number of carbonyl (C=O) groups is 1. The number of amides is 1. The fourth-order valence-corrected chi connectivity index (χ4v) is 1.92. The molecule has 5 heteroatoms. The van der Waals surface area contributed by atoms with Crippen LogP contribution in [0.5, 0.6) is 0 Å². The summed E-state index contributed by atoms with van der Waals surface area (Å²) in [6.07, 6.45) is 0.577. The summed E-state index contributed by atoms with van der Waals surface area (Å²) in [5.41, 5.74) is 0.505. The number of nitrogens with zero attached hydrogens (tertiary/aromatic N) is 1. The number of aliphatic hydroxyl groups is 1. The van der Waals surface area contributed by atoms with Crippen molar-refractivity contribution in [2.45, 2.75) is 20.3 Å². The molecule has 1 rings (SSSR count). The lowest BCUT2D eigenvalue weighted by molar-refractivity contribution is 0.0946. The van der Waals surface area contributed by atoms with Crippen LogP contribution in [-0.2, 0) is 0 Å². The highest BCUT2D eigenvalue weighted by atomic mass is 32.1. The zero-order chi connectivity index (χ0) is 10.6. The Kier molecular flexibility index (Phi) is 4.03. The van der Waals surface area contributed by atoms with Crippen LogP contribution < -0.4 is 5.32 Å². The molecule has 0 atom stereocenters. The second kappa shape index (κ2) is 5.07. The zero-order valence-corrected chi connectivity index (χ0v) is 9.15. The Hall–Kier alpha value is -0.940. The highest BCUT2D eigenvalue weighted by Gasteiger charge is 2.12. The molecular weight excluding hydrogens is 200 g/mol. The topological polar surface area (TPSA) is 62.2 Å². The van der Waals surface area contributed by atoms with Gasteiger partial charge in [0.25, 0.3) is 5.91 Å². The van der Waals surface area contributed by atoms with Gasteiger partial charge in [0, 0.05) is 18.0 Å². The Morgan fingerprint density at radius 3 is 2.79 bits per heavy atom. The molecule has 1 aromatic heterocycles. The summed E-state index contributed by atoms with van der Waals surface area (Å²) in [7, 11) is 0. The Balaban J connectivity index is 2.56. The van der Waals surface area contributed by atoms with Gasteiger partial charge < -0.3 is 10.4 Å². The molecule has 0 aliphatic rings. The van der Waals surface area contributed by atoms with Gasteiger partial charge in [-0.2, -0.15) is 0 Å². The van der Waals surface area contributed by atoms with Crippen LogP contribution in [0.25, 0.3) is 0 Å². The van der Waals surface area contributed by atoms with Gasteiger partial charge in [0.05, 0.1) is 5.01 Å². The van der Waals surface area contributed by atoms with Crippen LogP contribution in [0.2, 0.25) is 0 Å². The third-order valence-electron chi connectivity index (χ3n) is 1.74. The smallest absolute Gasteiger partial charge is 0.271 e. The minimum atomic E-state index is -0.152. The van der Waals surface area contributed by atoms with E-state index in [1.54, 1.807) is 0 Å². The van der Waals surface area contributed by atoms with Crippen LogP contribution in [0.4, 0.5) is 0 Å². The number of hydrogen-bond acceptors (Lipinski definition) is 4. The van der Waals surface area contributed by atoms with Crippen molar-refractivity contribution in [3.8, 4) is 0 Å². The summed E-state index contributed by atoms with van der Waals surface area (Å²) in [6.45, 7) is 4.34. The van der Waals surface area contributed by atoms with Crippen molar-refractivity contribution in [1.29, 1.82) is 0 Å². The average molecular weight is 214 g/mol. The highest BCUT2D eigenvalue weighted by Crippen LogP contribution is 2.15. The van der Waals surface area contributed by atoms with Crippen LogP contribution in [0.1, 0.15) is 26.8 Å². The van der Waals surface area contributed by atoms with Crippen molar-refractivity contribution < 1.29 is 9.90 Å². The van der Waals surface area contributed by atoms with Gasteiger partial charge in [-0.05, 0) is 20.3 Å².